The Bertz CT molecular complexity index is 1070. The first-order chi connectivity index (χ1) is 14.8. The molecule has 2 aromatic heterocycles. The highest BCUT2D eigenvalue weighted by atomic mass is 16.3. The zero-order chi connectivity index (χ0) is 22.0. The summed E-state index contributed by atoms with van der Waals surface area (Å²) in [6.07, 6.45) is 3.85. The molecule has 0 bridgehead atoms. The quantitative estimate of drug-likeness (QED) is 0.605. The molecular formula is C24H28N4O3. The van der Waals surface area contributed by atoms with Gasteiger partial charge in [-0.1, -0.05) is 12.1 Å². The zero-order valence-electron chi connectivity index (χ0n) is 18.1. The van der Waals surface area contributed by atoms with Crippen LogP contribution < -0.4 is 10.6 Å². The van der Waals surface area contributed by atoms with E-state index in [1.807, 2.05) is 49.7 Å². The molecular weight excluding hydrogens is 392 g/mol. The summed E-state index contributed by atoms with van der Waals surface area (Å²) in [5.74, 6) is 0.816. The number of rotatable bonds is 7. The van der Waals surface area contributed by atoms with Crippen molar-refractivity contribution in [3.8, 4) is 0 Å². The molecule has 3 aromatic rings. The second-order valence-corrected chi connectivity index (χ2v) is 8.96. The van der Waals surface area contributed by atoms with Crippen molar-refractivity contribution < 1.29 is 14.0 Å². The average Bonchev–Trinajstić information content (AvgIpc) is 3.26. The number of nitrogens with one attached hydrogen (secondary N) is 2. The van der Waals surface area contributed by atoms with Crippen molar-refractivity contribution in [1.29, 1.82) is 0 Å². The fourth-order valence-corrected chi connectivity index (χ4v) is 3.43. The number of amides is 2. The van der Waals surface area contributed by atoms with Gasteiger partial charge >= 0.3 is 0 Å². The van der Waals surface area contributed by atoms with E-state index >= 15 is 0 Å². The molecule has 0 atom stereocenters. The first-order valence-corrected chi connectivity index (χ1v) is 10.6. The van der Waals surface area contributed by atoms with Crippen molar-refractivity contribution in [2.24, 2.45) is 0 Å². The number of aromatic nitrogens is 2. The highest BCUT2D eigenvalue weighted by Gasteiger charge is 2.31. The van der Waals surface area contributed by atoms with Crippen LogP contribution in [0.5, 0.6) is 0 Å². The summed E-state index contributed by atoms with van der Waals surface area (Å²) in [6.45, 7) is 6.77. The lowest BCUT2D eigenvalue weighted by Crippen LogP contribution is -2.32. The van der Waals surface area contributed by atoms with Gasteiger partial charge < -0.3 is 15.1 Å². The molecule has 0 aliphatic heterocycles. The maximum absolute atomic E-state index is 12.9. The Hall–Kier alpha value is -3.35. The van der Waals surface area contributed by atoms with Crippen LogP contribution in [0.3, 0.4) is 0 Å². The Morgan fingerprint density at radius 2 is 1.84 bits per heavy atom. The van der Waals surface area contributed by atoms with Gasteiger partial charge in [0.2, 0.25) is 0 Å². The standard InChI is InChI=1S/C24H28N4O3/c1-24(2,3)28-21(13-20(27-28)17-9-10-17)23(30)25-14-16-6-4-7-18(12-16)22(29)26-15-19-8-5-11-31-19/h4-8,11-13,17H,9-10,14-15H2,1-3H3,(H,25,30)(H,26,29). The Labute approximate surface area is 181 Å². The molecule has 7 nitrogen and oxygen atoms in total. The van der Waals surface area contributed by atoms with E-state index in [9.17, 15) is 9.59 Å². The Balaban J connectivity index is 1.41. The van der Waals surface area contributed by atoms with Crippen molar-refractivity contribution in [2.75, 3.05) is 0 Å². The average molecular weight is 421 g/mol. The van der Waals surface area contributed by atoms with E-state index in [4.69, 9.17) is 9.52 Å². The van der Waals surface area contributed by atoms with Crippen LogP contribution in [0.25, 0.3) is 0 Å². The van der Waals surface area contributed by atoms with Gasteiger partial charge in [-0.2, -0.15) is 5.10 Å². The van der Waals surface area contributed by atoms with E-state index in [-0.39, 0.29) is 17.4 Å². The summed E-state index contributed by atoms with van der Waals surface area (Å²) in [4.78, 5) is 25.4. The predicted molar refractivity (Wildman–Crippen MR) is 117 cm³/mol. The minimum absolute atomic E-state index is 0.165. The van der Waals surface area contributed by atoms with Crippen molar-refractivity contribution >= 4 is 11.8 Å². The normalized spacial score (nSPS) is 13.8. The van der Waals surface area contributed by atoms with Crippen LogP contribution in [0.2, 0.25) is 0 Å². The molecule has 1 fully saturated rings. The molecule has 4 rings (SSSR count). The third-order valence-electron chi connectivity index (χ3n) is 5.24. The van der Waals surface area contributed by atoms with E-state index in [1.165, 1.54) is 0 Å². The van der Waals surface area contributed by atoms with Gasteiger partial charge in [0.1, 0.15) is 11.5 Å². The van der Waals surface area contributed by atoms with Crippen LogP contribution in [0.4, 0.5) is 0 Å². The maximum atomic E-state index is 12.9. The number of nitrogens with zero attached hydrogens (tertiary/aromatic N) is 2. The predicted octanol–water partition coefficient (Wildman–Crippen LogP) is 3.97. The zero-order valence-corrected chi connectivity index (χ0v) is 18.1. The molecule has 7 heteroatoms. The molecule has 1 saturated carbocycles. The minimum Gasteiger partial charge on any atom is -0.467 e. The second-order valence-electron chi connectivity index (χ2n) is 8.96. The Morgan fingerprint density at radius 1 is 1.06 bits per heavy atom. The van der Waals surface area contributed by atoms with E-state index in [0.29, 0.717) is 36.0 Å². The van der Waals surface area contributed by atoms with Gasteiger partial charge in [0.25, 0.3) is 11.8 Å². The number of furan rings is 1. The highest BCUT2D eigenvalue weighted by Crippen LogP contribution is 2.40. The van der Waals surface area contributed by atoms with Gasteiger partial charge in [0, 0.05) is 18.0 Å². The third-order valence-corrected chi connectivity index (χ3v) is 5.24. The van der Waals surface area contributed by atoms with Crippen LogP contribution >= 0.6 is 0 Å². The molecule has 31 heavy (non-hydrogen) atoms. The molecule has 162 valence electrons. The van der Waals surface area contributed by atoms with Gasteiger partial charge in [-0.15, -0.1) is 0 Å². The molecule has 0 saturated heterocycles. The summed E-state index contributed by atoms with van der Waals surface area (Å²) in [5, 5.41) is 10.5. The van der Waals surface area contributed by atoms with Gasteiger partial charge in [-0.05, 0) is 69.5 Å². The molecule has 2 N–H and O–H groups in total. The van der Waals surface area contributed by atoms with Crippen molar-refractivity contribution in [2.45, 2.75) is 58.2 Å². The van der Waals surface area contributed by atoms with Crippen molar-refractivity contribution in [3.05, 3.63) is 77.0 Å². The van der Waals surface area contributed by atoms with Gasteiger partial charge in [0.05, 0.1) is 24.0 Å². The van der Waals surface area contributed by atoms with E-state index in [1.54, 1.807) is 24.5 Å². The number of hydrogen-bond acceptors (Lipinski definition) is 4. The lowest BCUT2D eigenvalue weighted by atomic mass is 10.1. The Morgan fingerprint density at radius 3 is 2.52 bits per heavy atom. The summed E-state index contributed by atoms with van der Waals surface area (Å²) in [6, 6.07) is 12.7. The highest BCUT2D eigenvalue weighted by molar-refractivity contribution is 5.94. The Kier molecular flexibility index (Phi) is 5.67. The van der Waals surface area contributed by atoms with E-state index < -0.39 is 0 Å². The monoisotopic (exact) mass is 420 g/mol. The maximum Gasteiger partial charge on any atom is 0.269 e. The lowest BCUT2D eigenvalue weighted by Gasteiger charge is -2.22. The number of benzene rings is 1. The number of hydrogen-bond donors (Lipinski definition) is 2. The molecule has 2 heterocycles. The van der Waals surface area contributed by atoms with Crippen LogP contribution in [0.1, 0.15) is 77.4 Å². The van der Waals surface area contributed by atoms with Gasteiger partial charge in [-0.25, -0.2) is 0 Å². The molecule has 1 aliphatic carbocycles. The van der Waals surface area contributed by atoms with Crippen LogP contribution in [0, 0.1) is 0 Å². The molecule has 2 amide bonds. The first kappa shape index (κ1) is 20.9. The summed E-state index contributed by atoms with van der Waals surface area (Å²) >= 11 is 0. The summed E-state index contributed by atoms with van der Waals surface area (Å²) < 4.78 is 7.05. The van der Waals surface area contributed by atoms with E-state index in [2.05, 4.69) is 10.6 Å². The molecule has 0 spiro atoms. The van der Waals surface area contributed by atoms with Crippen molar-refractivity contribution in [3.63, 3.8) is 0 Å². The fourth-order valence-electron chi connectivity index (χ4n) is 3.43. The van der Waals surface area contributed by atoms with Crippen LogP contribution in [-0.2, 0) is 18.6 Å². The number of carbonyl (C=O) groups excluding carboxylic acids is 2. The largest absolute Gasteiger partial charge is 0.467 e. The van der Waals surface area contributed by atoms with Gasteiger partial charge in [0.15, 0.2) is 0 Å². The molecule has 1 aliphatic rings. The number of carbonyl (C=O) groups is 2. The van der Waals surface area contributed by atoms with E-state index in [0.717, 1.165) is 24.1 Å². The molecule has 1 aromatic carbocycles. The SMILES string of the molecule is CC(C)(C)n1nc(C2CC2)cc1C(=O)NCc1cccc(C(=O)NCc2ccco2)c1. The van der Waals surface area contributed by atoms with Gasteiger partial charge in [-0.3, -0.25) is 14.3 Å². The molecule has 0 unspecified atom stereocenters. The topological polar surface area (TPSA) is 89.2 Å². The second kappa shape index (κ2) is 8.41. The minimum atomic E-state index is -0.286. The fraction of sp³-hybridized carbons (Fsp3) is 0.375. The van der Waals surface area contributed by atoms with Crippen LogP contribution in [0.15, 0.2) is 53.1 Å². The van der Waals surface area contributed by atoms with Crippen molar-refractivity contribution in [1.82, 2.24) is 20.4 Å². The first-order valence-electron chi connectivity index (χ1n) is 10.6. The lowest BCUT2D eigenvalue weighted by molar-refractivity contribution is 0.0931. The van der Waals surface area contributed by atoms with Crippen LogP contribution in [-0.4, -0.2) is 21.6 Å². The third kappa shape index (κ3) is 5.05. The molecule has 0 radical (unpaired) electrons. The summed E-state index contributed by atoms with van der Waals surface area (Å²) in [7, 11) is 0. The summed E-state index contributed by atoms with van der Waals surface area (Å²) in [5.41, 5.74) is 2.67. The smallest absolute Gasteiger partial charge is 0.269 e.